The Morgan fingerprint density at radius 2 is 2.10 bits per heavy atom. The van der Waals surface area contributed by atoms with Gasteiger partial charge in [-0.2, -0.15) is 0 Å². The van der Waals surface area contributed by atoms with E-state index < -0.39 is 17.5 Å². The maximum Gasteiger partial charge on any atom is 0.334 e. The molecule has 4 aliphatic rings. The molecule has 4 fully saturated rings. The maximum absolute atomic E-state index is 12.1. The standard InChI is InChI=1S/C15H18O6/c1-8(2-12(16)17)13(18)21-15-5-9-3-10(6-15)14(19)20-11(4-9)7-15/h2,9-11H,3-7H2,1H3,(H,16,17)/b8-2+. The molecule has 6 nitrogen and oxygen atoms in total. The van der Waals surface area contributed by atoms with E-state index in [0.29, 0.717) is 18.8 Å². The molecule has 0 aromatic heterocycles. The number of rotatable bonds is 3. The quantitative estimate of drug-likeness (QED) is 0.625. The molecule has 2 aliphatic carbocycles. The second-order valence-corrected chi connectivity index (χ2v) is 6.44. The highest BCUT2D eigenvalue weighted by Gasteiger charge is 2.54. The molecular weight excluding hydrogens is 276 g/mol. The predicted octanol–water partition coefficient (Wildman–Crippen LogP) is 1.43. The van der Waals surface area contributed by atoms with Gasteiger partial charge in [0.25, 0.3) is 0 Å². The molecule has 2 heterocycles. The van der Waals surface area contributed by atoms with Gasteiger partial charge in [-0.15, -0.1) is 0 Å². The van der Waals surface area contributed by atoms with Gasteiger partial charge in [0, 0.05) is 24.5 Å². The van der Waals surface area contributed by atoms with Crippen molar-refractivity contribution < 1.29 is 29.0 Å². The van der Waals surface area contributed by atoms with Crippen molar-refractivity contribution in [1.82, 2.24) is 0 Å². The van der Waals surface area contributed by atoms with Crippen molar-refractivity contribution >= 4 is 17.9 Å². The number of carbonyl (C=O) groups is 3. The summed E-state index contributed by atoms with van der Waals surface area (Å²) in [7, 11) is 0. The van der Waals surface area contributed by atoms with Crippen LogP contribution in [0.15, 0.2) is 11.6 Å². The number of hydrogen-bond acceptors (Lipinski definition) is 5. The van der Waals surface area contributed by atoms with Gasteiger partial charge in [-0.25, -0.2) is 9.59 Å². The van der Waals surface area contributed by atoms with Gasteiger partial charge in [-0.3, -0.25) is 4.79 Å². The van der Waals surface area contributed by atoms with Gasteiger partial charge < -0.3 is 14.6 Å². The third-order valence-electron chi connectivity index (χ3n) is 4.68. The number of aliphatic carboxylic acids is 1. The van der Waals surface area contributed by atoms with Crippen molar-refractivity contribution in [3.63, 3.8) is 0 Å². The largest absolute Gasteiger partial charge is 0.478 e. The lowest BCUT2D eigenvalue weighted by molar-refractivity contribution is -0.169. The molecule has 2 saturated carbocycles. The lowest BCUT2D eigenvalue weighted by Crippen LogP contribution is -2.48. The molecule has 114 valence electrons. The van der Waals surface area contributed by atoms with Crippen LogP contribution >= 0.6 is 0 Å². The highest BCUT2D eigenvalue weighted by molar-refractivity contribution is 5.95. The lowest BCUT2D eigenvalue weighted by Gasteiger charge is -2.45. The molecule has 4 atom stereocenters. The first-order valence-electron chi connectivity index (χ1n) is 7.22. The Labute approximate surface area is 122 Å². The molecule has 2 aliphatic heterocycles. The van der Waals surface area contributed by atoms with E-state index in [1.54, 1.807) is 0 Å². The van der Waals surface area contributed by atoms with E-state index in [9.17, 15) is 14.4 Å². The third-order valence-corrected chi connectivity index (χ3v) is 4.68. The zero-order valence-corrected chi connectivity index (χ0v) is 11.8. The summed E-state index contributed by atoms with van der Waals surface area (Å²) in [6.45, 7) is 1.42. The summed E-state index contributed by atoms with van der Waals surface area (Å²) in [6, 6.07) is 0. The van der Waals surface area contributed by atoms with Crippen molar-refractivity contribution in [2.75, 3.05) is 0 Å². The van der Waals surface area contributed by atoms with E-state index in [4.69, 9.17) is 14.6 Å². The summed E-state index contributed by atoms with van der Waals surface area (Å²) in [6.07, 6.45) is 4.06. The second-order valence-electron chi connectivity index (χ2n) is 6.44. The Hall–Kier alpha value is -1.85. The Morgan fingerprint density at radius 1 is 1.33 bits per heavy atom. The Bertz CT molecular complexity index is 536. The summed E-state index contributed by atoms with van der Waals surface area (Å²) in [5.41, 5.74) is -0.614. The number of esters is 2. The Kier molecular flexibility index (Phi) is 3.26. The average Bonchev–Trinajstić information content (AvgIpc) is 2.50. The van der Waals surface area contributed by atoms with Gasteiger partial charge >= 0.3 is 17.9 Å². The van der Waals surface area contributed by atoms with Gasteiger partial charge in [0.05, 0.1) is 5.92 Å². The first kappa shape index (κ1) is 14.1. The fraction of sp³-hybridized carbons (Fsp3) is 0.667. The van der Waals surface area contributed by atoms with Crippen LogP contribution in [0, 0.1) is 11.8 Å². The summed E-state index contributed by atoms with van der Waals surface area (Å²) < 4.78 is 11.1. The molecule has 0 amide bonds. The molecular formula is C15H18O6. The highest BCUT2D eigenvalue weighted by atomic mass is 16.6. The van der Waals surface area contributed by atoms with Crippen molar-refractivity contribution in [2.24, 2.45) is 11.8 Å². The van der Waals surface area contributed by atoms with E-state index in [1.807, 2.05) is 0 Å². The predicted molar refractivity (Wildman–Crippen MR) is 70.2 cm³/mol. The van der Waals surface area contributed by atoms with Crippen LogP contribution < -0.4 is 0 Å². The second kappa shape index (κ2) is 4.86. The van der Waals surface area contributed by atoms with Crippen LogP contribution in [0.1, 0.15) is 39.0 Å². The third kappa shape index (κ3) is 2.66. The molecule has 1 N–H and O–H groups in total. The average molecular weight is 294 g/mol. The van der Waals surface area contributed by atoms with Gasteiger partial charge in [0.2, 0.25) is 0 Å². The Morgan fingerprint density at radius 3 is 2.81 bits per heavy atom. The first-order valence-corrected chi connectivity index (χ1v) is 7.22. The van der Waals surface area contributed by atoms with E-state index in [1.165, 1.54) is 6.92 Å². The smallest absolute Gasteiger partial charge is 0.334 e. The zero-order chi connectivity index (χ0) is 15.2. The minimum atomic E-state index is -1.18. The van der Waals surface area contributed by atoms with Crippen LogP contribution in [0.2, 0.25) is 0 Å². The molecule has 6 heteroatoms. The SMILES string of the molecule is C/C(=C\C(=O)O)C(=O)OC12CC3CC(C1)OC(=O)C(C3)C2. The topological polar surface area (TPSA) is 89.9 Å². The van der Waals surface area contributed by atoms with Gasteiger partial charge in [0.1, 0.15) is 11.7 Å². The van der Waals surface area contributed by atoms with Gasteiger partial charge in [0.15, 0.2) is 0 Å². The summed E-state index contributed by atoms with van der Waals surface area (Å²) in [4.78, 5) is 34.6. The molecule has 4 bridgehead atoms. The fourth-order valence-electron chi connectivity index (χ4n) is 4.02. The van der Waals surface area contributed by atoms with Crippen molar-refractivity contribution in [1.29, 1.82) is 0 Å². The maximum atomic E-state index is 12.1. The minimum absolute atomic E-state index is 0.0594. The summed E-state index contributed by atoms with van der Waals surface area (Å²) in [5, 5.41) is 8.69. The van der Waals surface area contributed by atoms with Crippen LogP contribution in [-0.4, -0.2) is 34.7 Å². The van der Waals surface area contributed by atoms with E-state index in [0.717, 1.165) is 25.3 Å². The van der Waals surface area contributed by atoms with Crippen LogP contribution in [0.5, 0.6) is 0 Å². The van der Waals surface area contributed by atoms with Gasteiger partial charge in [-0.05, 0) is 32.1 Å². The monoisotopic (exact) mass is 294 g/mol. The minimum Gasteiger partial charge on any atom is -0.478 e. The van der Waals surface area contributed by atoms with Gasteiger partial charge in [-0.1, -0.05) is 0 Å². The van der Waals surface area contributed by atoms with Crippen LogP contribution in [0.25, 0.3) is 0 Å². The van der Waals surface area contributed by atoms with E-state index in [2.05, 4.69) is 0 Å². The molecule has 4 rings (SSSR count). The first-order chi connectivity index (χ1) is 9.87. The molecule has 2 saturated heterocycles. The number of carbonyl (C=O) groups excluding carboxylic acids is 2. The lowest BCUT2D eigenvalue weighted by atomic mass is 9.65. The number of carboxylic acids is 1. The van der Waals surface area contributed by atoms with Crippen molar-refractivity contribution in [3.05, 3.63) is 11.6 Å². The van der Waals surface area contributed by atoms with Crippen LogP contribution in [0.3, 0.4) is 0 Å². The van der Waals surface area contributed by atoms with Crippen molar-refractivity contribution in [3.8, 4) is 0 Å². The molecule has 0 spiro atoms. The molecule has 4 unspecified atom stereocenters. The highest BCUT2D eigenvalue weighted by Crippen LogP contribution is 2.51. The van der Waals surface area contributed by atoms with Crippen LogP contribution in [-0.2, 0) is 23.9 Å². The van der Waals surface area contributed by atoms with E-state index in [-0.39, 0.29) is 23.6 Å². The normalized spacial score (nSPS) is 37.9. The number of fused-ring (bicyclic) bond motifs is 1. The summed E-state index contributed by atoms with van der Waals surface area (Å²) >= 11 is 0. The molecule has 0 radical (unpaired) electrons. The number of ether oxygens (including phenoxy) is 2. The zero-order valence-electron chi connectivity index (χ0n) is 11.8. The summed E-state index contributed by atoms with van der Waals surface area (Å²) in [5.74, 6) is -1.84. The number of hydrogen-bond donors (Lipinski definition) is 1. The number of carboxylic acid groups (broad SMARTS) is 1. The Balaban J connectivity index is 1.80. The van der Waals surface area contributed by atoms with Crippen LogP contribution in [0.4, 0.5) is 0 Å². The molecule has 21 heavy (non-hydrogen) atoms. The molecule has 0 aromatic carbocycles. The van der Waals surface area contributed by atoms with E-state index >= 15 is 0 Å². The van der Waals surface area contributed by atoms with Crippen molar-refractivity contribution in [2.45, 2.75) is 50.7 Å². The molecule has 0 aromatic rings. The fourth-order valence-corrected chi connectivity index (χ4v) is 4.02.